The lowest BCUT2D eigenvalue weighted by Gasteiger charge is -2.41. The van der Waals surface area contributed by atoms with E-state index in [1.54, 1.807) is 39.7 Å². The molecule has 1 atom stereocenters. The molecule has 1 fully saturated rings. The van der Waals surface area contributed by atoms with Gasteiger partial charge in [0, 0.05) is 67.6 Å². The monoisotopic (exact) mass is 523 g/mol. The molecular weight excluding hydrogens is 489 g/mol. The highest BCUT2D eigenvalue weighted by Crippen LogP contribution is 2.35. The molecule has 3 amide bonds. The van der Waals surface area contributed by atoms with Crippen LogP contribution in [-0.2, 0) is 11.2 Å². The third-order valence-corrected chi connectivity index (χ3v) is 6.95. The molecule has 0 unspecified atom stereocenters. The Morgan fingerprint density at radius 3 is 2.63 bits per heavy atom. The van der Waals surface area contributed by atoms with Crippen molar-refractivity contribution in [2.75, 3.05) is 41.3 Å². The van der Waals surface area contributed by atoms with Gasteiger partial charge in [-0.3, -0.25) is 4.90 Å². The molecule has 202 valence electrons. The summed E-state index contributed by atoms with van der Waals surface area (Å²) in [4.78, 5) is 40.3. The SMILES string of the molecule is Cc1cn2cc(NC(=O)N3CCc4c(N5CCN(C(=O)OC(C)(C)C)[C@H](C)C5)ccnc43)c(F)c(C)c2n1. The minimum absolute atomic E-state index is 0.0452. The molecule has 5 rings (SSSR count). The lowest BCUT2D eigenvalue weighted by Crippen LogP contribution is -2.55. The number of nitrogens with zero attached hydrogens (tertiary/aromatic N) is 6. The van der Waals surface area contributed by atoms with Crippen molar-refractivity contribution in [3.05, 3.63) is 47.3 Å². The molecule has 1 saturated heterocycles. The number of rotatable bonds is 2. The van der Waals surface area contributed by atoms with Crippen molar-refractivity contribution in [1.82, 2.24) is 19.3 Å². The van der Waals surface area contributed by atoms with Gasteiger partial charge in [0.15, 0.2) is 5.82 Å². The normalized spacial score (nSPS) is 17.7. The summed E-state index contributed by atoms with van der Waals surface area (Å²) in [6, 6.07) is 1.47. The first kappa shape index (κ1) is 25.7. The number of amides is 3. The first-order valence-electron chi connectivity index (χ1n) is 12.9. The summed E-state index contributed by atoms with van der Waals surface area (Å²) in [6.45, 7) is 13.3. The molecule has 2 aliphatic heterocycles. The van der Waals surface area contributed by atoms with E-state index in [4.69, 9.17) is 4.74 Å². The number of nitrogens with one attached hydrogen (secondary N) is 1. The Bertz CT molecular complexity index is 1410. The second-order valence-corrected chi connectivity index (χ2v) is 11.0. The highest BCUT2D eigenvalue weighted by atomic mass is 19.1. The fourth-order valence-electron chi connectivity index (χ4n) is 5.19. The number of urea groups is 1. The predicted molar refractivity (Wildman–Crippen MR) is 144 cm³/mol. The van der Waals surface area contributed by atoms with E-state index in [-0.39, 0.29) is 17.8 Å². The summed E-state index contributed by atoms with van der Waals surface area (Å²) in [7, 11) is 0. The van der Waals surface area contributed by atoms with Gasteiger partial charge >= 0.3 is 12.1 Å². The van der Waals surface area contributed by atoms with Crippen LogP contribution < -0.4 is 15.1 Å². The van der Waals surface area contributed by atoms with Crippen molar-refractivity contribution in [3.8, 4) is 0 Å². The van der Waals surface area contributed by atoms with Gasteiger partial charge in [-0.05, 0) is 54.0 Å². The number of aromatic nitrogens is 3. The zero-order valence-corrected chi connectivity index (χ0v) is 22.7. The van der Waals surface area contributed by atoms with Gasteiger partial charge in [-0.1, -0.05) is 0 Å². The number of carbonyl (C=O) groups excluding carboxylic acids is 2. The Morgan fingerprint density at radius 1 is 1.16 bits per heavy atom. The molecular formula is C27H34FN7O3. The number of carbonyl (C=O) groups is 2. The smallest absolute Gasteiger partial charge is 0.410 e. The molecule has 0 spiro atoms. The van der Waals surface area contributed by atoms with Crippen LogP contribution in [0.4, 0.5) is 31.2 Å². The van der Waals surface area contributed by atoms with Gasteiger partial charge in [-0.15, -0.1) is 0 Å². The van der Waals surface area contributed by atoms with Crippen LogP contribution in [0.5, 0.6) is 0 Å². The first-order valence-corrected chi connectivity index (χ1v) is 12.9. The number of halogens is 1. The van der Waals surface area contributed by atoms with Crippen LogP contribution in [-0.4, -0.2) is 69.2 Å². The molecule has 38 heavy (non-hydrogen) atoms. The van der Waals surface area contributed by atoms with Gasteiger partial charge in [0.25, 0.3) is 0 Å². The van der Waals surface area contributed by atoms with Gasteiger partial charge in [0.05, 0.1) is 11.4 Å². The number of hydrogen-bond acceptors (Lipinski definition) is 6. The minimum Gasteiger partial charge on any atom is -0.444 e. The van der Waals surface area contributed by atoms with E-state index < -0.39 is 17.4 Å². The van der Waals surface area contributed by atoms with E-state index in [2.05, 4.69) is 20.2 Å². The average Bonchev–Trinajstić information content (AvgIpc) is 3.44. The Kier molecular flexibility index (Phi) is 6.40. The van der Waals surface area contributed by atoms with E-state index in [0.717, 1.165) is 16.9 Å². The van der Waals surface area contributed by atoms with Crippen molar-refractivity contribution in [2.45, 2.75) is 59.6 Å². The van der Waals surface area contributed by atoms with Crippen LogP contribution in [0.1, 0.15) is 44.5 Å². The Balaban J connectivity index is 1.33. The molecule has 3 aromatic rings. The summed E-state index contributed by atoms with van der Waals surface area (Å²) in [5, 5.41) is 2.73. The zero-order valence-electron chi connectivity index (χ0n) is 22.7. The number of piperazine rings is 1. The van der Waals surface area contributed by atoms with Crippen LogP contribution >= 0.6 is 0 Å². The third-order valence-electron chi connectivity index (χ3n) is 6.95. The molecule has 1 N–H and O–H groups in total. The highest BCUT2D eigenvalue weighted by molar-refractivity contribution is 6.03. The Labute approximate surface area is 221 Å². The molecule has 2 aliphatic rings. The number of imidazole rings is 1. The highest BCUT2D eigenvalue weighted by Gasteiger charge is 2.34. The number of pyridine rings is 2. The molecule has 3 aromatic heterocycles. The second-order valence-electron chi connectivity index (χ2n) is 11.0. The molecule has 0 radical (unpaired) electrons. The summed E-state index contributed by atoms with van der Waals surface area (Å²) in [6.07, 6.45) is 5.35. The van der Waals surface area contributed by atoms with Gasteiger partial charge in [-0.2, -0.15) is 0 Å². The van der Waals surface area contributed by atoms with Crippen LogP contribution in [0.25, 0.3) is 5.65 Å². The fraction of sp³-hybridized carbons (Fsp3) is 0.481. The third kappa shape index (κ3) is 4.72. The van der Waals surface area contributed by atoms with Gasteiger partial charge in [-0.25, -0.2) is 23.9 Å². The lowest BCUT2D eigenvalue weighted by molar-refractivity contribution is 0.0159. The second kappa shape index (κ2) is 9.45. The number of anilines is 3. The number of ether oxygens (including phenoxy) is 1. The maximum absolute atomic E-state index is 15.1. The molecule has 10 nitrogen and oxygen atoms in total. The Morgan fingerprint density at radius 2 is 1.92 bits per heavy atom. The largest absolute Gasteiger partial charge is 0.444 e. The van der Waals surface area contributed by atoms with E-state index in [9.17, 15) is 9.59 Å². The summed E-state index contributed by atoms with van der Waals surface area (Å²) < 4.78 is 22.3. The lowest BCUT2D eigenvalue weighted by atomic mass is 10.1. The van der Waals surface area contributed by atoms with Crippen LogP contribution in [0, 0.1) is 19.7 Å². The molecule has 11 heteroatoms. The Hall–Kier alpha value is -3.89. The fourth-order valence-corrected chi connectivity index (χ4v) is 5.19. The van der Waals surface area contributed by atoms with Crippen molar-refractivity contribution >= 4 is 35.0 Å². The number of aryl methyl sites for hydroxylation is 2. The zero-order chi connectivity index (χ0) is 27.4. The van der Waals surface area contributed by atoms with Crippen LogP contribution in [0.3, 0.4) is 0 Å². The van der Waals surface area contributed by atoms with Crippen molar-refractivity contribution in [1.29, 1.82) is 0 Å². The summed E-state index contributed by atoms with van der Waals surface area (Å²) >= 11 is 0. The first-order chi connectivity index (χ1) is 17.9. The molecule has 0 bridgehead atoms. The van der Waals surface area contributed by atoms with Gasteiger partial charge in [0.1, 0.15) is 17.1 Å². The van der Waals surface area contributed by atoms with Crippen LogP contribution in [0.15, 0.2) is 24.7 Å². The quantitative estimate of drug-likeness (QED) is 0.531. The van der Waals surface area contributed by atoms with Gasteiger partial charge < -0.3 is 24.3 Å². The number of fused-ring (bicyclic) bond motifs is 2. The topological polar surface area (TPSA) is 95.3 Å². The van der Waals surface area contributed by atoms with E-state index >= 15 is 4.39 Å². The van der Waals surface area contributed by atoms with E-state index in [0.29, 0.717) is 49.6 Å². The van der Waals surface area contributed by atoms with E-state index in [1.165, 1.54) is 0 Å². The summed E-state index contributed by atoms with van der Waals surface area (Å²) in [5.41, 5.74) is 3.18. The predicted octanol–water partition coefficient (Wildman–Crippen LogP) is 4.53. The number of hydrogen-bond donors (Lipinski definition) is 1. The minimum atomic E-state index is -0.547. The standard InChI is InChI=1S/C27H34FN7O3/c1-16-13-33-15-20(22(28)18(3)23(33)30-16)31-25(36)35-10-8-19-21(7-9-29-24(19)35)32-11-12-34(17(2)14-32)26(37)38-27(4,5)6/h7,9,13,15,17H,8,10-12,14H2,1-6H3,(H,31,36)/t17-/m1/s1. The average molecular weight is 524 g/mol. The maximum Gasteiger partial charge on any atom is 0.410 e. The van der Waals surface area contributed by atoms with Crippen molar-refractivity contribution in [2.24, 2.45) is 0 Å². The molecule has 5 heterocycles. The summed E-state index contributed by atoms with van der Waals surface area (Å²) in [5.74, 6) is 0.0633. The molecule has 0 aliphatic carbocycles. The van der Waals surface area contributed by atoms with Crippen LogP contribution in [0.2, 0.25) is 0 Å². The van der Waals surface area contributed by atoms with Gasteiger partial charge in [0.2, 0.25) is 0 Å². The van der Waals surface area contributed by atoms with Crippen molar-refractivity contribution in [3.63, 3.8) is 0 Å². The molecule has 0 aromatic carbocycles. The van der Waals surface area contributed by atoms with Crippen molar-refractivity contribution < 1.29 is 18.7 Å². The maximum atomic E-state index is 15.1. The van der Waals surface area contributed by atoms with E-state index in [1.807, 2.05) is 40.7 Å². The molecule has 0 saturated carbocycles.